The summed E-state index contributed by atoms with van der Waals surface area (Å²) in [6.45, 7) is 2.04. The van der Waals surface area contributed by atoms with E-state index in [1.165, 1.54) is 5.56 Å². The van der Waals surface area contributed by atoms with Gasteiger partial charge in [0.1, 0.15) is 0 Å². The van der Waals surface area contributed by atoms with E-state index in [9.17, 15) is 9.90 Å². The molecular weight excluding hydrogens is 282 g/mol. The Hall–Kier alpha value is -2.46. The summed E-state index contributed by atoms with van der Waals surface area (Å²) in [4.78, 5) is 16.9. The second kappa shape index (κ2) is 5.50. The lowest BCUT2D eigenvalue weighted by Gasteiger charge is -2.08. The van der Waals surface area contributed by atoms with E-state index in [0.717, 1.165) is 4.88 Å². The topological polar surface area (TPSA) is 53.0 Å². The van der Waals surface area contributed by atoms with Crippen LogP contribution in [0.15, 0.2) is 41.8 Å². The highest BCUT2D eigenvalue weighted by Crippen LogP contribution is 2.21. The number of carboxylic acid groups (broad SMARTS) is 1. The van der Waals surface area contributed by atoms with Crippen molar-refractivity contribution >= 4 is 40.4 Å². The molecule has 1 aromatic carbocycles. The third-order valence-electron chi connectivity index (χ3n) is 3.26. The zero-order valence-electron chi connectivity index (χ0n) is 11.4. The Labute approximate surface area is 126 Å². The first-order valence-corrected chi connectivity index (χ1v) is 7.36. The number of carbonyl (C=O) groups is 1. The van der Waals surface area contributed by atoms with Gasteiger partial charge in [0, 0.05) is 15.8 Å². The van der Waals surface area contributed by atoms with Crippen LogP contribution in [0.4, 0.5) is 0 Å². The van der Waals surface area contributed by atoms with Gasteiger partial charge in [-0.05, 0) is 48.2 Å². The number of carbonyl (C=O) groups excluding carboxylic acids is 1. The maximum Gasteiger partial charge on any atom is 0.0722 e. The van der Waals surface area contributed by atoms with Crippen LogP contribution in [0.25, 0.3) is 23.1 Å². The summed E-state index contributed by atoms with van der Waals surface area (Å²) in [6.07, 6.45) is 3.79. The maximum absolute atomic E-state index is 11.3. The molecular formula is C17H12NO2S-. The molecule has 2 aromatic heterocycles. The molecule has 0 bridgehead atoms. The van der Waals surface area contributed by atoms with Crippen molar-refractivity contribution in [1.82, 2.24) is 4.98 Å². The monoisotopic (exact) mass is 294 g/mol. The Morgan fingerprint density at radius 1 is 1.24 bits per heavy atom. The number of fused-ring (bicyclic) bond motifs is 1. The van der Waals surface area contributed by atoms with Gasteiger partial charge in [0.15, 0.2) is 0 Å². The zero-order valence-corrected chi connectivity index (χ0v) is 12.2. The molecule has 0 unspecified atom stereocenters. The lowest BCUT2D eigenvalue weighted by molar-refractivity contribution is -0.254. The van der Waals surface area contributed by atoms with Gasteiger partial charge in [-0.15, -0.1) is 11.3 Å². The summed E-state index contributed by atoms with van der Waals surface area (Å²) in [5, 5.41) is 13.9. The van der Waals surface area contributed by atoms with Crippen molar-refractivity contribution < 1.29 is 9.90 Å². The standard InChI is InChI=1S/C17H13NO2S/c1-11-8-9-21-16(11)7-6-12-10-14(17(19)20)13-4-2-3-5-15(13)18-12/h2-10H,1H3,(H,19,20)/p-1/b7-6+. The largest absolute Gasteiger partial charge is 0.545 e. The Morgan fingerprint density at radius 2 is 2.05 bits per heavy atom. The zero-order chi connectivity index (χ0) is 14.8. The highest BCUT2D eigenvalue weighted by molar-refractivity contribution is 7.11. The smallest absolute Gasteiger partial charge is 0.0722 e. The van der Waals surface area contributed by atoms with Crippen molar-refractivity contribution in [2.45, 2.75) is 6.92 Å². The fourth-order valence-corrected chi connectivity index (χ4v) is 2.99. The molecule has 0 spiro atoms. The number of benzene rings is 1. The number of pyridine rings is 1. The van der Waals surface area contributed by atoms with E-state index < -0.39 is 5.97 Å². The van der Waals surface area contributed by atoms with E-state index in [1.54, 1.807) is 35.6 Å². The maximum atomic E-state index is 11.3. The van der Waals surface area contributed by atoms with Gasteiger partial charge >= 0.3 is 0 Å². The summed E-state index contributed by atoms with van der Waals surface area (Å²) in [7, 11) is 0. The lowest BCUT2D eigenvalue weighted by atomic mass is 10.1. The normalized spacial score (nSPS) is 11.3. The van der Waals surface area contributed by atoms with Gasteiger partial charge in [-0.3, -0.25) is 0 Å². The Morgan fingerprint density at radius 3 is 2.76 bits per heavy atom. The number of nitrogens with zero attached hydrogens (tertiary/aromatic N) is 1. The number of aromatic carboxylic acids is 1. The molecule has 0 aliphatic heterocycles. The molecule has 0 aliphatic carbocycles. The highest BCUT2D eigenvalue weighted by atomic mass is 32.1. The SMILES string of the molecule is Cc1ccsc1/C=C/c1cc(C(=O)[O-])c2ccccc2n1. The van der Waals surface area contributed by atoms with Crippen LogP contribution in [-0.4, -0.2) is 11.0 Å². The number of hydrogen-bond acceptors (Lipinski definition) is 4. The number of carboxylic acids is 1. The third kappa shape index (κ3) is 2.71. The van der Waals surface area contributed by atoms with E-state index in [0.29, 0.717) is 16.6 Å². The summed E-state index contributed by atoms with van der Waals surface area (Å²) in [5.74, 6) is -1.18. The minimum atomic E-state index is -1.18. The van der Waals surface area contributed by atoms with Gasteiger partial charge < -0.3 is 9.90 Å². The molecule has 0 fully saturated rings. The number of hydrogen-bond donors (Lipinski definition) is 0. The average Bonchev–Trinajstić information content (AvgIpc) is 2.89. The quantitative estimate of drug-likeness (QED) is 0.745. The fourth-order valence-electron chi connectivity index (χ4n) is 2.17. The van der Waals surface area contributed by atoms with Crippen molar-refractivity contribution in [3.05, 3.63) is 63.5 Å². The number of rotatable bonds is 3. The molecule has 0 N–H and O–H groups in total. The second-order valence-electron chi connectivity index (χ2n) is 4.70. The van der Waals surface area contributed by atoms with E-state index in [2.05, 4.69) is 4.98 Å². The van der Waals surface area contributed by atoms with Crippen LogP contribution in [0.1, 0.15) is 26.5 Å². The van der Waals surface area contributed by atoms with Crippen LogP contribution in [0.3, 0.4) is 0 Å². The van der Waals surface area contributed by atoms with E-state index in [1.807, 2.05) is 36.6 Å². The van der Waals surface area contributed by atoms with Crippen molar-refractivity contribution in [2.24, 2.45) is 0 Å². The lowest BCUT2D eigenvalue weighted by Crippen LogP contribution is -2.22. The van der Waals surface area contributed by atoms with Crippen LogP contribution in [0.2, 0.25) is 0 Å². The Balaban J connectivity index is 2.09. The van der Waals surface area contributed by atoms with Crippen LogP contribution in [0.5, 0.6) is 0 Å². The van der Waals surface area contributed by atoms with Crippen LogP contribution < -0.4 is 5.11 Å². The van der Waals surface area contributed by atoms with Crippen LogP contribution in [0, 0.1) is 6.92 Å². The van der Waals surface area contributed by atoms with Crippen molar-refractivity contribution in [2.75, 3.05) is 0 Å². The predicted octanol–water partition coefficient (Wildman–Crippen LogP) is 3.14. The van der Waals surface area contributed by atoms with Gasteiger partial charge in [0.2, 0.25) is 0 Å². The fraction of sp³-hybridized carbons (Fsp3) is 0.0588. The summed E-state index contributed by atoms with van der Waals surface area (Å²) in [6, 6.07) is 10.8. The Kier molecular flexibility index (Phi) is 3.54. The van der Waals surface area contributed by atoms with Gasteiger partial charge in [-0.25, -0.2) is 4.98 Å². The number of para-hydroxylation sites is 1. The third-order valence-corrected chi connectivity index (χ3v) is 4.25. The van der Waals surface area contributed by atoms with E-state index in [-0.39, 0.29) is 5.56 Å². The molecule has 3 nitrogen and oxygen atoms in total. The van der Waals surface area contributed by atoms with Crippen LogP contribution in [-0.2, 0) is 0 Å². The van der Waals surface area contributed by atoms with Gasteiger partial charge in [0.25, 0.3) is 0 Å². The molecule has 3 aromatic rings. The number of aromatic nitrogens is 1. The first kappa shape index (κ1) is 13.5. The van der Waals surface area contributed by atoms with Gasteiger partial charge in [-0.2, -0.15) is 0 Å². The molecule has 2 heterocycles. The molecule has 0 amide bonds. The summed E-state index contributed by atoms with van der Waals surface area (Å²) in [5.41, 5.74) is 2.63. The number of aryl methyl sites for hydroxylation is 1. The first-order chi connectivity index (χ1) is 10.1. The number of thiophene rings is 1. The minimum absolute atomic E-state index is 0.170. The summed E-state index contributed by atoms with van der Waals surface area (Å²) >= 11 is 1.64. The molecule has 3 rings (SSSR count). The molecule has 21 heavy (non-hydrogen) atoms. The molecule has 0 saturated carbocycles. The molecule has 104 valence electrons. The summed E-state index contributed by atoms with van der Waals surface area (Å²) < 4.78 is 0. The molecule has 0 saturated heterocycles. The average molecular weight is 294 g/mol. The van der Waals surface area contributed by atoms with Crippen molar-refractivity contribution in [1.29, 1.82) is 0 Å². The van der Waals surface area contributed by atoms with Crippen molar-refractivity contribution in [3.8, 4) is 0 Å². The second-order valence-corrected chi connectivity index (χ2v) is 5.65. The highest BCUT2D eigenvalue weighted by Gasteiger charge is 2.05. The van der Waals surface area contributed by atoms with E-state index in [4.69, 9.17) is 0 Å². The predicted molar refractivity (Wildman–Crippen MR) is 84.1 cm³/mol. The first-order valence-electron chi connectivity index (χ1n) is 6.48. The van der Waals surface area contributed by atoms with Crippen molar-refractivity contribution in [3.63, 3.8) is 0 Å². The minimum Gasteiger partial charge on any atom is -0.545 e. The van der Waals surface area contributed by atoms with Crippen LogP contribution >= 0.6 is 11.3 Å². The van der Waals surface area contributed by atoms with Gasteiger partial charge in [0.05, 0.1) is 17.2 Å². The molecule has 4 heteroatoms. The molecule has 0 atom stereocenters. The Bertz CT molecular complexity index is 849. The molecule has 0 aliphatic rings. The van der Waals surface area contributed by atoms with E-state index >= 15 is 0 Å². The molecule has 0 radical (unpaired) electrons. The van der Waals surface area contributed by atoms with Gasteiger partial charge in [-0.1, -0.05) is 18.2 Å².